The van der Waals surface area contributed by atoms with Crippen molar-refractivity contribution in [1.29, 1.82) is 0 Å². The molecule has 3 rings (SSSR count). The molecule has 1 aromatic carbocycles. The topological polar surface area (TPSA) is 56.5 Å². The molecule has 23 heavy (non-hydrogen) atoms. The Bertz CT molecular complexity index is 860. The molecule has 0 saturated heterocycles. The van der Waals surface area contributed by atoms with Gasteiger partial charge in [0.2, 0.25) is 0 Å². The van der Waals surface area contributed by atoms with Gasteiger partial charge in [-0.2, -0.15) is 5.10 Å². The van der Waals surface area contributed by atoms with Gasteiger partial charge in [0.25, 0.3) is 0 Å². The molecule has 0 amide bonds. The molecule has 2 aromatic heterocycles. The summed E-state index contributed by atoms with van der Waals surface area (Å²) in [4.78, 5) is 16.2. The van der Waals surface area contributed by atoms with Crippen LogP contribution in [0.2, 0.25) is 10.0 Å². The van der Waals surface area contributed by atoms with E-state index in [1.165, 1.54) is 6.20 Å². The second kappa shape index (κ2) is 6.56. The first kappa shape index (κ1) is 15.8. The zero-order valence-corrected chi connectivity index (χ0v) is 13.8. The molecule has 7 heteroatoms. The van der Waals surface area contributed by atoms with Gasteiger partial charge in [-0.15, -0.1) is 0 Å². The van der Waals surface area contributed by atoms with Gasteiger partial charge >= 0.3 is 5.97 Å². The average molecular weight is 350 g/mol. The van der Waals surface area contributed by atoms with Crippen LogP contribution in [0.4, 0.5) is 0 Å². The van der Waals surface area contributed by atoms with E-state index < -0.39 is 0 Å². The van der Waals surface area contributed by atoms with Crippen LogP contribution in [-0.4, -0.2) is 27.2 Å². The Morgan fingerprint density at radius 1 is 1.22 bits per heavy atom. The highest BCUT2D eigenvalue weighted by atomic mass is 35.5. The molecule has 0 unspecified atom stereocenters. The lowest BCUT2D eigenvalue weighted by molar-refractivity contribution is -0.142. The number of rotatable bonds is 4. The molecule has 2 heterocycles. The van der Waals surface area contributed by atoms with E-state index in [2.05, 4.69) is 10.1 Å². The average Bonchev–Trinajstić information content (AvgIpc) is 2.86. The van der Waals surface area contributed by atoms with E-state index in [1.54, 1.807) is 29.8 Å². The molecular formula is C16H13Cl2N3O2. The summed E-state index contributed by atoms with van der Waals surface area (Å²) in [5.74, 6) is -0.325. The van der Waals surface area contributed by atoms with Gasteiger partial charge in [0.05, 0.1) is 29.9 Å². The van der Waals surface area contributed by atoms with Crippen LogP contribution in [0.5, 0.6) is 0 Å². The number of carbonyl (C=O) groups excluding carboxylic acids is 1. The minimum atomic E-state index is -0.325. The molecule has 0 atom stereocenters. The summed E-state index contributed by atoms with van der Waals surface area (Å²) in [7, 11) is 0. The predicted octanol–water partition coefficient (Wildman–Crippen LogP) is 3.81. The number of benzene rings is 1. The molecule has 0 aliphatic heterocycles. The summed E-state index contributed by atoms with van der Waals surface area (Å²) in [6.45, 7) is 2.10. The van der Waals surface area contributed by atoms with E-state index >= 15 is 0 Å². The van der Waals surface area contributed by atoms with Crippen molar-refractivity contribution in [3.8, 4) is 11.3 Å². The highest BCUT2D eigenvalue weighted by Crippen LogP contribution is 2.27. The van der Waals surface area contributed by atoms with E-state index in [0.29, 0.717) is 33.6 Å². The van der Waals surface area contributed by atoms with Gasteiger partial charge in [0.1, 0.15) is 0 Å². The quantitative estimate of drug-likeness (QED) is 0.672. The minimum Gasteiger partial charge on any atom is -0.466 e. The van der Waals surface area contributed by atoms with E-state index in [9.17, 15) is 4.79 Å². The summed E-state index contributed by atoms with van der Waals surface area (Å²) >= 11 is 11.9. The molecule has 0 saturated carbocycles. The van der Waals surface area contributed by atoms with Crippen molar-refractivity contribution in [1.82, 2.24) is 14.6 Å². The molecular weight excluding hydrogens is 337 g/mol. The number of fused-ring (bicyclic) bond motifs is 1. The zero-order valence-electron chi connectivity index (χ0n) is 12.3. The van der Waals surface area contributed by atoms with Gasteiger partial charge in [-0.25, -0.2) is 9.50 Å². The summed E-state index contributed by atoms with van der Waals surface area (Å²) in [5, 5.41) is 5.60. The fourth-order valence-corrected chi connectivity index (χ4v) is 2.59. The fourth-order valence-electron chi connectivity index (χ4n) is 2.32. The number of ether oxygens (including phenoxy) is 1. The standard InChI is InChI=1S/C16H13Cl2N3O2/c1-2-23-14(22)7-13-15(10-3-5-11(17)6-4-10)20-21-9-12(18)8-19-16(13)21/h3-6,8-9H,2,7H2,1H3. The zero-order chi connectivity index (χ0) is 16.4. The fraction of sp³-hybridized carbons (Fsp3) is 0.188. The number of hydrogen-bond donors (Lipinski definition) is 0. The van der Waals surface area contributed by atoms with Crippen LogP contribution in [0.1, 0.15) is 12.5 Å². The van der Waals surface area contributed by atoms with Crippen molar-refractivity contribution < 1.29 is 9.53 Å². The number of hydrogen-bond acceptors (Lipinski definition) is 4. The highest BCUT2D eigenvalue weighted by molar-refractivity contribution is 6.30. The van der Waals surface area contributed by atoms with Crippen LogP contribution < -0.4 is 0 Å². The molecule has 118 valence electrons. The Labute approximate surface area is 142 Å². The second-order valence-electron chi connectivity index (χ2n) is 4.86. The third-order valence-corrected chi connectivity index (χ3v) is 3.73. The third-order valence-electron chi connectivity index (χ3n) is 3.28. The summed E-state index contributed by atoms with van der Waals surface area (Å²) in [5.41, 5.74) is 2.77. The van der Waals surface area contributed by atoms with Crippen LogP contribution in [-0.2, 0) is 16.0 Å². The Kier molecular flexibility index (Phi) is 4.50. The summed E-state index contributed by atoms with van der Waals surface area (Å²) in [6.07, 6.45) is 3.26. The monoisotopic (exact) mass is 349 g/mol. The number of aromatic nitrogens is 3. The molecule has 0 aliphatic carbocycles. The minimum absolute atomic E-state index is 0.0872. The predicted molar refractivity (Wildman–Crippen MR) is 88.8 cm³/mol. The maximum atomic E-state index is 11.9. The lowest BCUT2D eigenvalue weighted by atomic mass is 10.1. The maximum Gasteiger partial charge on any atom is 0.310 e. The summed E-state index contributed by atoms with van der Waals surface area (Å²) < 4.78 is 6.62. The van der Waals surface area contributed by atoms with E-state index in [1.807, 2.05) is 12.1 Å². The normalized spacial score (nSPS) is 10.9. The SMILES string of the molecule is CCOC(=O)Cc1c(-c2ccc(Cl)cc2)nn2cc(Cl)cnc12. The van der Waals surface area contributed by atoms with Gasteiger partial charge in [0, 0.05) is 22.3 Å². The van der Waals surface area contributed by atoms with Crippen LogP contribution in [0.3, 0.4) is 0 Å². The molecule has 0 radical (unpaired) electrons. The Hall–Kier alpha value is -2.11. The molecule has 3 aromatic rings. The van der Waals surface area contributed by atoms with Gasteiger partial charge in [-0.3, -0.25) is 4.79 Å². The van der Waals surface area contributed by atoms with Gasteiger partial charge in [-0.1, -0.05) is 35.3 Å². The van der Waals surface area contributed by atoms with Gasteiger partial charge in [-0.05, 0) is 19.1 Å². The van der Waals surface area contributed by atoms with Crippen LogP contribution in [0.15, 0.2) is 36.7 Å². The first-order valence-corrected chi connectivity index (χ1v) is 7.78. The first-order valence-electron chi connectivity index (χ1n) is 7.03. The smallest absolute Gasteiger partial charge is 0.310 e. The van der Waals surface area contributed by atoms with E-state index in [-0.39, 0.29) is 12.4 Å². The van der Waals surface area contributed by atoms with E-state index in [0.717, 1.165) is 5.56 Å². The first-order chi connectivity index (χ1) is 11.1. The number of halogens is 2. The van der Waals surface area contributed by atoms with E-state index in [4.69, 9.17) is 27.9 Å². The lowest BCUT2D eigenvalue weighted by Gasteiger charge is -2.03. The lowest BCUT2D eigenvalue weighted by Crippen LogP contribution is -2.08. The molecule has 0 spiro atoms. The molecule has 0 fully saturated rings. The Morgan fingerprint density at radius 3 is 2.65 bits per heavy atom. The third kappa shape index (κ3) is 3.30. The molecule has 0 N–H and O–H groups in total. The highest BCUT2D eigenvalue weighted by Gasteiger charge is 2.19. The largest absolute Gasteiger partial charge is 0.466 e. The molecule has 5 nitrogen and oxygen atoms in total. The van der Waals surface area contributed by atoms with Crippen molar-refractivity contribution in [2.45, 2.75) is 13.3 Å². The molecule has 0 aliphatic rings. The summed E-state index contributed by atoms with van der Waals surface area (Å²) in [6, 6.07) is 7.24. The number of esters is 1. The van der Waals surface area contributed by atoms with Crippen molar-refractivity contribution in [3.63, 3.8) is 0 Å². The number of nitrogens with zero attached hydrogens (tertiary/aromatic N) is 3. The van der Waals surface area contributed by atoms with Crippen LogP contribution >= 0.6 is 23.2 Å². The number of carbonyl (C=O) groups is 1. The Balaban J connectivity index is 2.14. The maximum absolute atomic E-state index is 11.9. The molecule has 0 bridgehead atoms. The van der Waals surface area contributed by atoms with Crippen molar-refractivity contribution >= 4 is 34.8 Å². The van der Waals surface area contributed by atoms with Gasteiger partial charge < -0.3 is 4.74 Å². The second-order valence-corrected chi connectivity index (χ2v) is 5.73. The van der Waals surface area contributed by atoms with Crippen molar-refractivity contribution in [3.05, 3.63) is 52.3 Å². The van der Waals surface area contributed by atoms with Crippen LogP contribution in [0, 0.1) is 0 Å². The van der Waals surface area contributed by atoms with Crippen molar-refractivity contribution in [2.75, 3.05) is 6.61 Å². The van der Waals surface area contributed by atoms with Gasteiger partial charge in [0.15, 0.2) is 5.65 Å². The van der Waals surface area contributed by atoms with Crippen LogP contribution in [0.25, 0.3) is 16.9 Å². The Morgan fingerprint density at radius 2 is 1.96 bits per heavy atom. The van der Waals surface area contributed by atoms with Crippen molar-refractivity contribution in [2.24, 2.45) is 0 Å².